The smallest absolute Gasteiger partial charge is 0.348 e. The van der Waals surface area contributed by atoms with Crippen molar-refractivity contribution in [2.45, 2.75) is 89.9 Å². The second-order valence-electron chi connectivity index (χ2n) is 11.0. The van der Waals surface area contributed by atoms with Gasteiger partial charge in [0.2, 0.25) is 5.91 Å². The van der Waals surface area contributed by atoms with Crippen LogP contribution in [0.15, 0.2) is 17.7 Å². The lowest BCUT2D eigenvalue weighted by atomic mass is 9.81. The number of carbonyl (C=O) groups is 2. The van der Waals surface area contributed by atoms with E-state index in [-0.39, 0.29) is 41.4 Å². The van der Waals surface area contributed by atoms with E-state index in [1.165, 1.54) is 5.57 Å². The van der Waals surface area contributed by atoms with Gasteiger partial charge in [-0.15, -0.1) is 11.3 Å². The molecule has 0 spiro atoms. The summed E-state index contributed by atoms with van der Waals surface area (Å²) in [4.78, 5) is 28.8. The molecule has 1 aromatic heterocycles. The summed E-state index contributed by atoms with van der Waals surface area (Å²) in [5, 5.41) is 21.2. The summed E-state index contributed by atoms with van der Waals surface area (Å²) >= 11 is 1.13. The summed E-state index contributed by atoms with van der Waals surface area (Å²) < 4.78 is 11.3. The maximum Gasteiger partial charge on any atom is 0.348 e. The standard InChI is InChI=1S/C29H39NO6S/c1-19(2)4-9-24-16-25(26(37-24)28(32)33)30(27(31)21-7-5-20(3)6-8-21)22-10-13-29(34,14-11-22)18-36-23-12-15-35-17-23/h5,16,19,21-23,34H,6-8,10-15,17-18H2,1-3H3,(H,32,33)/t21-,22?,23-,29?/m0/s1. The van der Waals surface area contributed by atoms with Gasteiger partial charge in [-0.05, 0) is 64.4 Å². The highest BCUT2D eigenvalue weighted by atomic mass is 32.1. The Balaban J connectivity index is 1.58. The van der Waals surface area contributed by atoms with Crippen molar-refractivity contribution < 1.29 is 29.3 Å². The minimum atomic E-state index is -1.05. The van der Waals surface area contributed by atoms with Gasteiger partial charge in [0.15, 0.2) is 0 Å². The van der Waals surface area contributed by atoms with Crippen LogP contribution in [0.4, 0.5) is 5.69 Å². The molecule has 8 heteroatoms. The lowest BCUT2D eigenvalue weighted by Crippen LogP contribution is -2.50. The Bertz CT molecular complexity index is 1070. The number of carbonyl (C=O) groups excluding carboxylic acids is 1. The quantitative estimate of drug-likeness (QED) is 0.381. The van der Waals surface area contributed by atoms with Crippen LogP contribution in [-0.2, 0) is 14.3 Å². The Labute approximate surface area is 223 Å². The molecule has 2 atom stereocenters. The summed E-state index contributed by atoms with van der Waals surface area (Å²) in [6.07, 6.45) is 7.44. The first-order valence-electron chi connectivity index (χ1n) is 13.4. The molecule has 2 heterocycles. The SMILES string of the molecule is CC1=CC[C@H](C(=O)N(c2cc(C#CC(C)C)sc2C(=O)O)C2CCC(O)(CO[C@H]3CCOC3)CC2)CC1. The molecule has 3 aliphatic rings. The topological polar surface area (TPSA) is 96.3 Å². The van der Waals surface area contributed by atoms with Gasteiger partial charge in [-0.1, -0.05) is 37.3 Å². The van der Waals surface area contributed by atoms with Gasteiger partial charge in [-0.3, -0.25) is 4.79 Å². The Morgan fingerprint density at radius 3 is 2.62 bits per heavy atom. The van der Waals surface area contributed by atoms with Gasteiger partial charge in [0.25, 0.3) is 0 Å². The van der Waals surface area contributed by atoms with Gasteiger partial charge >= 0.3 is 5.97 Å². The number of thiophene rings is 1. The number of aromatic carboxylic acids is 1. The molecule has 2 N–H and O–H groups in total. The van der Waals surface area contributed by atoms with E-state index in [0.29, 0.717) is 55.9 Å². The fourth-order valence-corrected chi connectivity index (χ4v) is 6.18. The Kier molecular flexibility index (Phi) is 9.12. The zero-order valence-corrected chi connectivity index (χ0v) is 22.9. The van der Waals surface area contributed by atoms with Crippen LogP contribution < -0.4 is 4.90 Å². The molecule has 4 rings (SSSR count). The van der Waals surface area contributed by atoms with Crippen molar-refractivity contribution in [2.24, 2.45) is 11.8 Å². The van der Waals surface area contributed by atoms with Crippen LogP contribution in [0.5, 0.6) is 0 Å². The molecule has 202 valence electrons. The molecule has 2 aliphatic carbocycles. The second kappa shape index (κ2) is 12.1. The molecule has 0 unspecified atom stereocenters. The number of carboxylic acid groups (broad SMARTS) is 1. The first-order valence-corrected chi connectivity index (χ1v) is 14.3. The zero-order valence-electron chi connectivity index (χ0n) is 22.1. The van der Waals surface area contributed by atoms with Crippen LogP contribution >= 0.6 is 11.3 Å². The Morgan fingerprint density at radius 1 is 1.27 bits per heavy atom. The van der Waals surface area contributed by atoms with E-state index in [1.54, 1.807) is 11.0 Å². The number of amides is 1. The predicted molar refractivity (Wildman–Crippen MR) is 144 cm³/mol. The van der Waals surface area contributed by atoms with Gasteiger partial charge in [0.1, 0.15) is 4.88 Å². The number of hydrogen-bond donors (Lipinski definition) is 2. The van der Waals surface area contributed by atoms with E-state index in [1.807, 2.05) is 13.8 Å². The lowest BCUT2D eigenvalue weighted by molar-refractivity contribution is -0.124. The molecule has 1 saturated carbocycles. The first kappa shape index (κ1) is 27.8. The van der Waals surface area contributed by atoms with Crippen molar-refractivity contribution >= 4 is 28.9 Å². The van der Waals surface area contributed by atoms with Gasteiger partial charge in [-0.2, -0.15) is 0 Å². The Hall–Kier alpha value is -2.18. The number of allylic oxidation sites excluding steroid dienone is 2. The molecule has 37 heavy (non-hydrogen) atoms. The van der Waals surface area contributed by atoms with Crippen LogP contribution in [0.25, 0.3) is 0 Å². The first-order chi connectivity index (χ1) is 17.6. The van der Waals surface area contributed by atoms with Crippen LogP contribution in [-0.4, -0.2) is 59.7 Å². The van der Waals surface area contributed by atoms with Crippen LogP contribution in [0.1, 0.15) is 86.7 Å². The van der Waals surface area contributed by atoms with Gasteiger partial charge in [-0.25, -0.2) is 4.79 Å². The second-order valence-corrected chi connectivity index (χ2v) is 12.1. The van der Waals surface area contributed by atoms with E-state index in [9.17, 15) is 19.8 Å². The van der Waals surface area contributed by atoms with Crippen molar-refractivity contribution in [3.8, 4) is 11.8 Å². The number of carboxylic acids is 1. The number of ether oxygens (including phenoxy) is 2. The van der Waals surface area contributed by atoms with Crippen molar-refractivity contribution in [2.75, 3.05) is 24.7 Å². The van der Waals surface area contributed by atoms with Crippen molar-refractivity contribution in [3.05, 3.63) is 27.5 Å². The number of aliphatic hydroxyl groups is 1. The molecule has 1 aliphatic heterocycles. The van der Waals surface area contributed by atoms with Gasteiger partial charge in [0, 0.05) is 24.5 Å². The molecule has 1 aromatic rings. The normalized spacial score (nSPS) is 27.9. The molecule has 2 fully saturated rings. The molecule has 1 amide bonds. The van der Waals surface area contributed by atoms with E-state index >= 15 is 0 Å². The summed E-state index contributed by atoms with van der Waals surface area (Å²) in [7, 11) is 0. The van der Waals surface area contributed by atoms with Gasteiger partial charge in [0.05, 0.1) is 35.5 Å². The van der Waals surface area contributed by atoms with Crippen LogP contribution in [0, 0.1) is 23.7 Å². The van der Waals surface area contributed by atoms with Crippen molar-refractivity contribution in [1.82, 2.24) is 0 Å². The summed E-state index contributed by atoms with van der Waals surface area (Å²) in [5.41, 5.74) is 0.784. The molecular weight excluding hydrogens is 490 g/mol. The predicted octanol–water partition coefficient (Wildman–Crippen LogP) is 5.01. The fourth-order valence-electron chi connectivity index (χ4n) is 5.33. The number of rotatable bonds is 7. The van der Waals surface area contributed by atoms with E-state index in [4.69, 9.17) is 9.47 Å². The zero-order chi connectivity index (χ0) is 26.6. The molecule has 0 radical (unpaired) electrons. The average Bonchev–Trinajstić information content (AvgIpc) is 3.54. The summed E-state index contributed by atoms with van der Waals surface area (Å²) in [5.74, 6) is 5.10. The van der Waals surface area contributed by atoms with Crippen LogP contribution in [0.2, 0.25) is 0 Å². The fraction of sp³-hybridized carbons (Fsp3) is 0.655. The Morgan fingerprint density at radius 2 is 2.03 bits per heavy atom. The minimum absolute atomic E-state index is 0.0249. The highest BCUT2D eigenvalue weighted by molar-refractivity contribution is 7.15. The maximum atomic E-state index is 14.0. The third-order valence-electron chi connectivity index (χ3n) is 7.60. The van der Waals surface area contributed by atoms with Crippen molar-refractivity contribution in [1.29, 1.82) is 0 Å². The van der Waals surface area contributed by atoms with E-state index in [0.717, 1.165) is 30.6 Å². The lowest BCUT2D eigenvalue weighted by Gasteiger charge is -2.42. The van der Waals surface area contributed by atoms with Crippen LogP contribution in [0.3, 0.4) is 0 Å². The summed E-state index contributed by atoms with van der Waals surface area (Å²) in [6.45, 7) is 7.56. The number of nitrogens with zero attached hydrogens (tertiary/aromatic N) is 1. The number of hydrogen-bond acceptors (Lipinski definition) is 6. The third kappa shape index (κ3) is 7.02. The molecule has 0 aromatic carbocycles. The maximum absolute atomic E-state index is 14.0. The molecule has 1 saturated heterocycles. The largest absolute Gasteiger partial charge is 0.477 e. The highest BCUT2D eigenvalue weighted by Gasteiger charge is 2.41. The monoisotopic (exact) mass is 529 g/mol. The minimum Gasteiger partial charge on any atom is -0.477 e. The average molecular weight is 530 g/mol. The number of anilines is 1. The molecule has 7 nitrogen and oxygen atoms in total. The molecule has 0 bridgehead atoms. The summed E-state index contributed by atoms with van der Waals surface area (Å²) in [6, 6.07) is 1.59. The molecular formula is C29H39NO6S. The highest BCUT2D eigenvalue weighted by Crippen LogP contribution is 2.40. The van der Waals surface area contributed by atoms with Crippen molar-refractivity contribution in [3.63, 3.8) is 0 Å². The third-order valence-corrected chi connectivity index (χ3v) is 8.63. The van der Waals surface area contributed by atoms with E-state index in [2.05, 4.69) is 24.8 Å². The van der Waals surface area contributed by atoms with Gasteiger partial charge < -0.3 is 24.6 Å². The van der Waals surface area contributed by atoms with E-state index < -0.39 is 11.6 Å².